The van der Waals surface area contributed by atoms with E-state index in [1.54, 1.807) is 20.8 Å². The van der Waals surface area contributed by atoms with E-state index in [2.05, 4.69) is 0 Å². The van der Waals surface area contributed by atoms with Gasteiger partial charge in [-0.05, 0) is 20.3 Å². The number of hydrogen-bond donors (Lipinski definition) is 1. The maximum absolute atomic E-state index is 11.6. The predicted molar refractivity (Wildman–Crippen MR) is 56.4 cm³/mol. The van der Waals surface area contributed by atoms with E-state index in [0.29, 0.717) is 0 Å². The second-order valence-corrected chi connectivity index (χ2v) is 3.63. The van der Waals surface area contributed by atoms with Gasteiger partial charge in [-0.25, -0.2) is 4.79 Å². The van der Waals surface area contributed by atoms with E-state index >= 15 is 0 Å². The molecule has 0 spiro atoms. The number of rotatable bonds is 4. The monoisotopic (exact) mass is 214 g/mol. The molecule has 14 heavy (non-hydrogen) atoms. The smallest absolute Gasteiger partial charge is 0.333 e. The highest BCUT2D eigenvalue weighted by molar-refractivity contribution is 7.80. The average molecular weight is 214 g/mol. The van der Waals surface area contributed by atoms with E-state index in [0.717, 1.165) is 0 Å². The SMILES string of the molecule is CCC(C#N)(C(=O)OC(C)C)C(N)=S. The van der Waals surface area contributed by atoms with Crippen LogP contribution in [0.3, 0.4) is 0 Å². The van der Waals surface area contributed by atoms with Gasteiger partial charge in [-0.2, -0.15) is 5.26 Å². The van der Waals surface area contributed by atoms with Crippen LogP contribution in [0.15, 0.2) is 0 Å². The number of ether oxygens (including phenoxy) is 1. The highest BCUT2D eigenvalue weighted by Crippen LogP contribution is 2.24. The second-order valence-electron chi connectivity index (χ2n) is 3.19. The van der Waals surface area contributed by atoms with Gasteiger partial charge in [-0.15, -0.1) is 0 Å². The molecule has 0 aliphatic heterocycles. The number of nitriles is 1. The zero-order valence-electron chi connectivity index (χ0n) is 8.53. The van der Waals surface area contributed by atoms with Gasteiger partial charge in [0.1, 0.15) is 4.99 Å². The lowest BCUT2D eigenvalue weighted by molar-refractivity contribution is -0.153. The zero-order valence-corrected chi connectivity index (χ0v) is 9.35. The number of carbonyl (C=O) groups is 1. The summed E-state index contributed by atoms with van der Waals surface area (Å²) in [6.45, 7) is 5.08. The molecule has 0 aromatic rings. The Hall–Kier alpha value is -1.15. The van der Waals surface area contributed by atoms with Gasteiger partial charge in [0.15, 0.2) is 0 Å². The Morgan fingerprint density at radius 1 is 1.71 bits per heavy atom. The van der Waals surface area contributed by atoms with E-state index in [-0.39, 0.29) is 17.5 Å². The van der Waals surface area contributed by atoms with Crippen molar-refractivity contribution in [2.24, 2.45) is 11.1 Å². The number of thiocarbonyl (C=S) groups is 1. The third-order valence-electron chi connectivity index (χ3n) is 1.83. The highest BCUT2D eigenvalue weighted by Gasteiger charge is 2.42. The maximum Gasteiger partial charge on any atom is 0.333 e. The van der Waals surface area contributed by atoms with Crippen molar-refractivity contribution in [2.45, 2.75) is 33.3 Å². The summed E-state index contributed by atoms with van der Waals surface area (Å²) in [5.74, 6) is -0.662. The van der Waals surface area contributed by atoms with Crippen molar-refractivity contribution in [1.29, 1.82) is 5.26 Å². The molecule has 1 atom stereocenters. The summed E-state index contributed by atoms with van der Waals surface area (Å²) in [6.07, 6.45) is -0.0548. The van der Waals surface area contributed by atoms with E-state index < -0.39 is 11.4 Å². The molecule has 0 fully saturated rings. The van der Waals surface area contributed by atoms with Crippen LogP contribution in [-0.4, -0.2) is 17.1 Å². The van der Waals surface area contributed by atoms with E-state index in [4.69, 9.17) is 28.0 Å². The molecule has 5 heteroatoms. The first kappa shape index (κ1) is 12.8. The number of esters is 1. The van der Waals surface area contributed by atoms with Crippen LogP contribution in [-0.2, 0) is 9.53 Å². The maximum atomic E-state index is 11.6. The summed E-state index contributed by atoms with van der Waals surface area (Å²) in [7, 11) is 0. The second kappa shape index (κ2) is 4.91. The quantitative estimate of drug-likeness (QED) is 0.561. The molecule has 0 aliphatic rings. The molecule has 0 rings (SSSR count). The molecule has 0 saturated carbocycles. The lowest BCUT2D eigenvalue weighted by Crippen LogP contribution is -2.43. The number of hydrogen-bond acceptors (Lipinski definition) is 4. The van der Waals surface area contributed by atoms with Crippen molar-refractivity contribution < 1.29 is 9.53 Å². The molecule has 4 nitrogen and oxygen atoms in total. The number of nitrogens with zero attached hydrogens (tertiary/aromatic N) is 1. The van der Waals surface area contributed by atoms with Gasteiger partial charge in [0.2, 0.25) is 5.41 Å². The molecule has 0 saturated heterocycles. The van der Waals surface area contributed by atoms with Crippen molar-refractivity contribution in [3.05, 3.63) is 0 Å². The van der Waals surface area contributed by atoms with Crippen LogP contribution in [0, 0.1) is 16.7 Å². The molecule has 78 valence electrons. The van der Waals surface area contributed by atoms with Gasteiger partial charge in [0.05, 0.1) is 12.2 Å². The molecular formula is C9H14N2O2S. The van der Waals surface area contributed by atoms with Crippen LogP contribution in [0.1, 0.15) is 27.2 Å². The molecule has 0 aromatic heterocycles. The van der Waals surface area contributed by atoms with Crippen LogP contribution in [0.25, 0.3) is 0 Å². The van der Waals surface area contributed by atoms with Crippen molar-refractivity contribution in [1.82, 2.24) is 0 Å². The van der Waals surface area contributed by atoms with Crippen molar-refractivity contribution >= 4 is 23.2 Å². The summed E-state index contributed by atoms with van der Waals surface area (Å²) in [4.78, 5) is 11.4. The fourth-order valence-electron chi connectivity index (χ4n) is 0.914. The van der Waals surface area contributed by atoms with Crippen LogP contribution in [0.2, 0.25) is 0 Å². The minimum absolute atomic E-state index is 0.131. The minimum atomic E-state index is -1.47. The van der Waals surface area contributed by atoms with Crippen molar-refractivity contribution in [3.63, 3.8) is 0 Å². The first-order chi connectivity index (χ1) is 6.40. The van der Waals surface area contributed by atoms with E-state index in [1.807, 2.05) is 6.07 Å². The summed E-state index contributed by atoms with van der Waals surface area (Å²) in [5.41, 5.74) is 3.90. The topological polar surface area (TPSA) is 76.1 Å². The molecule has 0 aliphatic carbocycles. The van der Waals surface area contributed by atoms with Crippen LogP contribution in [0.5, 0.6) is 0 Å². The zero-order chi connectivity index (χ0) is 11.4. The number of carbonyl (C=O) groups excluding carboxylic acids is 1. The fourth-order valence-corrected chi connectivity index (χ4v) is 1.19. The van der Waals surface area contributed by atoms with Crippen LogP contribution < -0.4 is 5.73 Å². The molecule has 0 amide bonds. The van der Waals surface area contributed by atoms with Gasteiger partial charge in [-0.3, -0.25) is 0 Å². The third kappa shape index (κ3) is 2.42. The Balaban J connectivity index is 4.94. The van der Waals surface area contributed by atoms with Crippen molar-refractivity contribution in [3.8, 4) is 6.07 Å². The number of nitrogens with two attached hydrogens (primary N) is 1. The van der Waals surface area contributed by atoms with E-state index in [9.17, 15) is 4.79 Å². The molecular weight excluding hydrogens is 200 g/mol. The lowest BCUT2D eigenvalue weighted by atomic mass is 9.87. The summed E-state index contributed by atoms with van der Waals surface area (Å²) in [5, 5.41) is 8.91. The Labute approximate surface area is 89.0 Å². The highest BCUT2D eigenvalue weighted by atomic mass is 32.1. The summed E-state index contributed by atoms with van der Waals surface area (Å²) >= 11 is 4.71. The molecule has 1 unspecified atom stereocenters. The van der Waals surface area contributed by atoms with Crippen LogP contribution in [0.4, 0.5) is 0 Å². The Bertz CT molecular complexity index is 283. The first-order valence-electron chi connectivity index (χ1n) is 4.33. The van der Waals surface area contributed by atoms with Gasteiger partial charge < -0.3 is 10.5 Å². The summed E-state index contributed by atoms with van der Waals surface area (Å²) < 4.78 is 4.93. The third-order valence-corrected chi connectivity index (χ3v) is 2.18. The van der Waals surface area contributed by atoms with Gasteiger partial charge in [-0.1, -0.05) is 19.1 Å². The molecule has 0 heterocycles. The Morgan fingerprint density at radius 2 is 2.21 bits per heavy atom. The molecule has 2 N–H and O–H groups in total. The molecule has 0 radical (unpaired) electrons. The standard InChI is InChI=1S/C9H14N2O2S/c1-4-9(5-10,7(11)14)8(12)13-6(2)3/h6H,4H2,1-3H3,(H2,11,14). The largest absolute Gasteiger partial charge is 0.461 e. The normalized spacial score (nSPS) is 14.2. The van der Waals surface area contributed by atoms with Gasteiger partial charge >= 0.3 is 5.97 Å². The molecule has 0 aromatic carbocycles. The van der Waals surface area contributed by atoms with Gasteiger partial charge in [0, 0.05) is 0 Å². The Morgan fingerprint density at radius 3 is 2.43 bits per heavy atom. The summed E-state index contributed by atoms with van der Waals surface area (Å²) in [6, 6.07) is 1.83. The molecule has 0 bridgehead atoms. The van der Waals surface area contributed by atoms with Gasteiger partial charge in [0.25, 0.3) is 0 Å². The lowest BCUT2D eigenvalue weighted by Gasteiger charge is -2.22. The fraction of sp³-hybridized carbons (Fsp3) is 0.667. The minimum Gasteiger partial charge on any atom is -0.461 e. The first-order valence-corrected chi connectivity index (χ1v) is 4.73. The Kier molecular flexibility index (Phi) is 4.51. The predicted octanol–water partition coefficient (Wildman–Crippen LogP) is 1.14. The van der Waals surface area contributed by atoms with Crippen LogP contribution >= 0.6 is 12.2 Å². The van der Waals surface area contributed by atoms with E-state index in [1.165, 1.54) is 0 Å². The van der Waals surface area contributed by atoms with Crippen molar-refractivity contribution in [2.75, 3.05) is 0 Å². The average Bonchev–Trinajstić information content (AvgIpc) is 2.05.